The molecule has 0 atom stereocenters. The van der Waals surface area contributed by atoms with E-state index in [1.54, 1.807) is 35.5 Å². The molecule has 1 aromatic carbocycles. The number of piperazine rings is 1. The molecule has 1 amide bonds. The highest BCUT2D eigenvalue weighted by Gasteiger charge is 2.24. The number of anilines is 1. The number of carbonyl (C=O) groups is 1. The van der Waals surface area contributed by atoms with Gasteiger partial charge in [0.25, 0.3) is 0 Å². The molecule has 0 aliphatic carbocycles. The summed E-state index contributed by atoms with van der Waals surface area (Å²) in [6, 6.07) is 8.34. The van der Waals surface area contributed by atoms with E-state index in [9.17, 15) is 13.2 Å². The molecule has 26 heavy (non-hydrogen) atoms. The van der Waals surface area contributed by atoms with Crippen LogP contribution in [0.3, 0.4) is 0 Å². The van der Waals surface area contributed by atoms with Crippen molar-refractivity contribution in [3.05, 3.63) is 48.3 Å². The lowest BCUT2D eigenvalue weighted by atomic mass is 10.2. The van der Waals surface area contributed by atoms with Crippen molar-refractivity contribution in [2.75, 3.05) is 37.6 Å². The molecule has 0 spiro atoms. The molecule has 1 aliphatic rings. The molecular formula is C17H21N5O3S. The Kier molecular flexibility index (Phi) is 5.48. The van der Waals surface area contributed by atoms with E-state index in [0.29, 0.717) is 32.1 Å². The molecule has 2 aromatic rings. The largest absolute Gasteiger partial charge is 0.338 e. The second kappa shape index (κ2) is 7.79. The van der Waals surface area contributed by atoms with Crippen molar-refractivity contribution in [1.82, 2.24) is 19.6 Å². The smallest absolute Gasteiger partial charge is 0.241 e. The molecule has 2 heterocycles. The van der Waals surface area contributed by atoms with E-state index in [1.807, 2.05) is 17.9 Å². The maximum atomic E-state index is 12.3. The first-order chi connectivity index (χ1) is 12.5. The minimum absolute atomic E-state index is 0.163. The van der Waals surface area contributed by atoms with Gasteiger partial charge in [0, 0.05) is 38.6 Å². The third-order valence-electron chi connectivity index (χ3n) is 4.18. The summed E-state index contributed by atoms with van der Waals surface area (Å²) >= 11 is 0. The fourth-order valence-corrected chi connectivity index (χ4v) is 3.82. The summed E-state index contributed by atoms with van der Waals surface area (Å²) in [6.07, 6.45) is 3.36. The highest BCUT2D eigenvalue weighted by molar-refractivity contribution is 7.89. The SMILES string of the molecule is Cc1cccc(S(=O)(=O)NCC(=O)N2CCN(c3ncccn3)CC2)c1. The Bertz CT molecular complexity index is 865. The second-order valence-electron chi connectivity index (χ2n) is 6.06. The fourth-order valence-electron chi connectivity index (χ4n) is 2.74. The van der Waals surface area contributed by atoms with Gasteiger partial charge in [0.1, 0.15) is 0 Å². The standard InChI is InChI=1S/C17H21N5O3S/c1-14-4-2-5-15(12-14)26(24,25)20-13-16(23)21-8-10-22(11-9-21)17-18-6-3-7-19-17/h2-7,12,20H,8-11,13H2,1H3. The van der Waals surface area contributed by atoms with Crippen LogP contribution >= 0.6 is 0 Å². The number of amides is 1. The van der Waals surface area contributed by atoms with Gasteiger partial charge in [-0.1, -0.05) is 12.1 Å². The zero-order chi connectivity index (χ0) is 18.6. The van der Waals surface area contributed by atoms with Gasteiger partial charge in [-0.2, -0.15) is 0 Å². The predicted octanol–water partition coefficient (Wildman–Crippen LogP) is 0.412. The summed E-state index contributed by atoms with van der Waals surface area (Å²) in [4.78, 5) is 24.6. The molecule has 3 rings (SSSR count). The Morgan fingerprint density at radius 3 is 2.46 bits per heavy atom. The van der Waals surface area contributed by atoms with Crippen molar-refractivity contribution < 1.29 is 13.2 Å². The van der Waals surface area contributed by atoms with E-state index in [4.69, 9.17) is 0 Å². The van der Waals surface area contributed by atoms with Crippen LogP contribution in [0.5, 0.6) is 0 Å². The topological polar surface area (TPSA) is 95.5 Å². The maximum absolute atomic E-state index is 12.3. The van der Waals surface area contributed by atoms with E-state index in [0.717, 1.165) is 5.56 Å². The lowest BCUT2D eigenvalue weighted by Gasteiger charge is -2.34. The number of nitrogens with zero attached hydrogens (tertiary/aromatic N) is 4. The molecule has 138 valence electrons. The summed E-state index contributed by atoms with van der Waals surface area (Å²) in [5.74, 6) is 0.398. The van der Waals surface area contributed by atoms with Crippen LogP contribution < -0.4 is 9.62 Å². The first kappa shape index (κ1) is 18.3. The first-order valence-electron chi connectivity index (χ1n) is 8.32. The van der Waals surface area contributed by atoms with Gasteiger partial charge in [-0.3, -0.25) is 4.79 Å². The van der Waals surface area contributed by atoms with Gasteiger partial charge < -0.3 is 9.80 Å². The minimum Gasteiger partial charge on any atom is -0.338 e. The molecule has 1 fully saturated rings. The summed E-state index contributed by atoms with van der Waals surface area (Å²) in [5.41, 5.74) is 0.846. The van der Waals surface area contributed by atoms with Gasteiger partial charge in [-0.05, 0) is 30.7 Å². The van der Waals surface area contributed by atoms with E-state index >= 15 is 0 Å². The monoisotopic (exact) mass is 375 g/mol. The molecule has 1 saturated heterocycles. The highest BCUT2D eigenvalue weighted by atomic mass is 32.2. The number of aromatic nitrogens is 2. The van der Waals surface area contributed by atoms with Gasteiger partial charge in [-0.25, -0.2) is 23.1 Å². The van der Waals surface area contributed by atoms with Crippen molar-refractivity contribution in [2.24, 2.45) is 0 Å². The Labute approximate surface area is 152 Å². The van der Waals surface area contributed by atoms with Gasteiger partial charge in [0.15, 0.2) is 0 Å². The van der Waals surface area contributed by atoms with Crippen LogP contribution in [0.15, 0.2) is 47.6 Å². The third-order valence-corrected chi connectivity index (χ3v) is 5.58. The average Bonchev–Trinajstić information content (AvgIpc) is 2.67. The summed E-state index contributed by atoms with van der Waals surface area (Å²) in [6.45, 7) is 3.80. The number of benzene rings is 1. The predicted molar refractivity (Wildman–Crippen MR) is 97.2 cm³/mol. The normalized spacial score (nSPS) is 15.1. The molecule has 0 radical (unpaired) electrons. The van der Waals surface area contributed by atoms with Crippen LogP contribution in [0.1, 0.15) is 5.56 Å². The van der Waals surface area contributed by atoms with Crippen molar-refractivity contribution in [3.8, 4) is 0 Å². The van der Waals surface area contributed by atoms with Crippen LogP contribution in [0.2, 0.25) is 0 Å². The van der Waals surface area contributed by atoms with Crippen molar-refractivity contribution in [2.45, 2.75) is 11.8 Å². The number of sulfonamides is 1. The van der Waals surface area contributed by atoms with Crippen LogP contribution in [0.4, 0.5) is 5.95 Å². The summed E-state index contributed by atoms with van der Waals surface area (Å²) in [7, 11) is -3.70. The van der Waals surface area contributed by atoms with Gasteiger partial charge in [0.05, 0.1) is 11.4 Å². The van der Waals surface area contributed by atoms with Gasteiger partial charge in [-0.15, -0.1) is 0 Å². The third kappa shape index (κ3) is 4.36. The molecule has 9 heteroatoms. The number of carbonyl (C=O) groups excluding carboxylic acids is 1. The average molecular weight is 375 g/mol. The number of hydrogen-bond donors (Lipinski definition) is 1. The van der Waals surface area contributed by atoms with Crippen LogP contribution in [0, 0.1) is 6.92 Å². The Hall–Kier alpha value is -2.52. The fraction of sp³-hybridized carbons (Fsp3) is 0.353. The zero-order valence-electron chi connectivity index (χ0n) is 14.5. The van der Waals surface area contributed by atoms with Gasteiger partial charge >= 0.3 is 0 Å². The molecule has 1 aromatic heterocycles. The molecule has 0 bridgehead atoms. The minimum atomic E-state index is -3.70. The first-order valence-corrected chi connectivity index (χ1v) is 9.80. The quantitative estimate of drug-likeness (QED) is 0.813. The van der Waals surface area contributed by atoms with Gasteiger partial charge in [0.2, 0.25) is 21.9 Å². The van der Waals surface area contributed by atoms with E-state index in [-0.39, 0.29) is 17.3 Å². The Morgan fingerprint density at radius 2 is 1.81 bits per heavy atom. The molecule has 8 nitrogen and oxygen atoms in total. The van der Waals surface area contributed by atoms with Crippen molar-refractivity contribution in [3.63, 3.8) is 0 Å². The highest BCUT2D eigenvalue weighted by Crippen LogP contribution is 2.12. The van der Waals surface area contributed by atoms with E-state index < -0.39 is 10.0 Å². The molecule has 0 unspecified atom stereocenters. The van der Waals surface area contributed by atoms with Crippen molar-refractivity contribution >= 4 is 21.9 Å². The number of aryl methyl sites for hydroxylation is 1. The lowest BCUT2D eigenvalue weighted by molar-refractivity contribution is -0.130. The summed E-state index contributed by atoms with van der Waals surface area (Å²) < 4.78 is 27.0. The number of hydrogen-bond acceptors (Lipinski definition) is 6. The molecule has 1 N–H and O–H groups in total. The van der Waals surface area contributed by atoms with Crippen LogP contribution in [0.25, 0.3) is 0 Å². The van der Waals surface area contributed by atoms with E-state index in [1.165, 1.54) is 6.07 Å². The summed E-state index contributed by atoms with van der Waals surface area (Å²) in [5, 5.41) is 0. The molecular weight excluding hydrogens is 354 g/mol. The van der Waals surface area contributed by atoms with Crippen LogP contribution in [-0.4, -0.2) is 61.9 Å². The maximum Gasteiger partial charge on any atom is 0.241 e. The van der Waals surface area contributed by atoms with Crippen LogP contribution in [-0.2, 0) is 14.8 Å². The van der Waals surface area contributed by atoms with Crippen molar-refractivity contribution in [1.29, 1.82) is 0 Å². The Morgan fingerprint density at radius 1 is 1.12 bits per heavy atom. The lowest BCUT2D eigenvalue weighted by Crippen LogP contribution is -2.51. The Balaban J connectivity index is 1.53. The molecule has 1 aliphatic heterocycles. The number of nitrogens with one attached hydrogen (secondary N) is 1. The van der Waals surface area contributed by atoms with E-state index in [2.05, 4.69) is 14.7 Å². The second-order valence-corrected chi connectivity index (χ2v) is 7.82. The molecule has 0 saturated carbocycles. The zero-order valence-corrected chi connectivity index (χ0v) is 15.3. The number of rotatable bonds is 5.